The van der Waals surface area contributed by atoms with E-state index in [0.29, 0.717) is 0 Å². The molecular formula is H9CaO5PSr. The third-order valence-electron chi connectivity index (χ3n) is 0. The van der Waals surface area contributed by atoms with Gasteiger partial charge in [0.25, 0.3) is 0 Å². The number of hydrogen-bond donors (Lipinski definition) is 3. The SMILES string of the molecule is O.O=P(O)(O)O.[Ca+2].[H-].[H-].[H-].[H-].[Sr+2]. The summed E-state index contributed by atoms with van der Waals surface area (Å²) in [6, 6.07) is 0. The first-order valence-corrected chi connectivity index (χ1v) is 2.35. The Morgan fingerprint density at radius 2 is 1.25 bits per heavy atom. The van der Waals surface area contributed by atoms with Crippen molar-refractivity contribution in [1.29, 1.82) is 0 Å². The van der Waals surface area contributed by atoms with Crippen LogP contribution in [0, 0.1) is 0 Å². The van der Waals surface area contributed by atoms with Gasteiger partial charge in [-0.15, -0.1) is 0 Å². The third-order valence-corrected chi connectivity index (χ3v) is 0. The van der Waals surface area contributed by atoms with Crippen LogP contribution in [0.3, 0.4) is 0 Å². The molecule has 0 saturated carbocycles. The number of phosphoric acid groups is 1. The Hall–Kier alpha value is 2.81. The van der Waals surface area contributed by atoms with Gasteiger partial charge in [-0.2, -0.15) is 0 Å². The minimum absolute atomic E-state index is 0. The van der Waals surface area contributed by atoms with Crippen molar-refractivity contribution in [3.05, 3.63) is 0 Å². The van der Waals surface area contributed by atoms with Crippen molar-refractivity contribution in [3.8, 4) is 0 Å². The molecule has 48 valence electrons. The Morgan fingerprint density at radius 1 is 1.25 bits per heavy atom. The van der Waals surface area contributed by atoms with E-state index >= 15 is 0 Å². The van der Waals surface area contributed by atoms with Crippen LogP contribution in [0.5, 0.6) is 0 Å². The molecule has 0 aliphatic rings. The zero-order valence-corrected chi connectivity index (χ0v) is 10.7. The van der Waals surface area contributed by atoms with E-state index in [0.717, 1.165) is 0 Å². The van der Waals surface area contributed by atoms with Crippen LogP contribution in [0.15, 0.2) is 0 Å². The Balaban J connectivity index is -0.00000000381. The molecule has 0 aromatic rings. The van der Waals surface area contributed by atoms with Gasteiger partial charge in [-0.1, -0.05) is 0 Å². The fraction of sp³-hybridized carbons (Fsp3) is 0. The number of hydrogen-bond acceptors (Lipinski definition) is 1. The van der Waals surface area contributed by atoms with E-state index in [4.69, 9.17) is 19.2 Å². The van der Waals surface area contributed by atoms with Gasteiger partial charge in [-0.3, -0.25) is 0 Å². The molecule has 0 aliphatic carbocycles. The number of rotatable bonds is 0. The maximum atomic E-state index is 8.88. The Labute approximate surface area is 119 Å². The van der Waals surface area contributed by atoms with Crippen LogP contribution in [0.2, 0.25) is 0 Å². The summed E-state index contributed by atoms with van der Waals surface area (Å²) in [5.74, 6) is 0. The predicted octanol–water partition coefficient (Wildman–Crippen LogP) is -2.06. The molecule has 0 amide bonds. The Bertz CT molecular complexity index is 69.6. The molecule has 8 heavy (non-hydrogen) atoms. The van der Waals surface area contributed by atoms with Gasteiger partial charge in [0.2, 0.25) is 0 Å². The average molecular weight is 248 g/mol. The molecule has 0 aromatic carbocycles. The molecule has 0 aromatic heterocycles. The molecule has 0 atom stereocenters. The summed E-state index contributed by atoms with van der Waals surface area (Å²) in [6.07, 6.45) is 0. The minimum atomic E-state index is -4.64. The maximum Gasteiger partial charge on any atom is 2.00 e. The van der Waals surface area contributed by atoms with E-state index in [9.17, 15) is 0 Å². The fourth-order valence-corrected chi connectivity index (χ4v) is 0. The third kappa shape index (κ3) is 68.0. The van der Waals surface area contributed by atoms with Crippen molar-refractivity contribution in [3.63, 3.8) is 0 Å². The topological polar surface area (TPSA) is 109 Å². The quantitative estimate of drug-likeness (QED) is 0.338. The van der Waals surface area contributed by atoms with Gasteiger partial charge < -0.3 is 25.9 Å². The van der Waals surface area contributed by atoms with Crippen LogP contribution in [0.4, 0.5) is 0 Å². The van der Waals surface area contributed by atoms with Crippen molar-refractivity contribution in [2.45, 2.75) is 0 Å². The van der Waals surface area contributed by atoms with Crippen LogP contribution < -0.4 is 0 Å². The molecule has 5 nitrogen and oxygen atoms in total. The van der Waals surface area contributed by atoms with E-state index in [1.807, 2.05) is 0 Å². The molecule has 0 rings (SSSR count). The van der Waals surface area contributed by atoms with Crippen molar-refractivity contribution in [1.82, 2.24) is 0 Å². The Kier molecular flexibility index (Phi) is 27.5. The molecule has 0 spiro atoms. The van der Waals surface area contributed by atoms with Gasteiger partial charge >= 0.3 is 91.0 Å². The van der Waals surface area contributed by atoms with Crippen LogP contribution in [-0.4, -0.2) is 103 Å². The van der Waals surface area contributed by atoms with Crippen molar-refractivity contribution >= 4 is 91.0 Å². The standard InChI is InChI=1S/Ca.H3O4P.H2O.Sr.4H/c;1-5(2,3)4;;;;;;/h;(H3,1,2,3,4);1H2;;;;;/q+2;;;+2;4*-1. The molecule has 0 unspecified atom stereocenters. The first-order chi connectivity index (χ1) is 2.00. The van der Waals surface area contributed by atoms with Crippen molar-refractivity contribution in [2.24, 2.45) is 0 Å². The molecule has 5 N–H and O–H groups in total. The molecule has 0 saturated heterocycles. The van der Waals surface area contributed by atoms with Crippen LogP contribution in [-0.2, 0) is 4.57 Å². The first-order valence-electron chi connectivity index (χ1n) is 0.783. The largest absolute Gasteiger partial charge is 2.00 e. The van der Waals surface area contributed by atoms with Gasteiger partial charge in [0.1, 0.15) is 0 Å². The van der Waals surface area contributed by atoms with E-state index in [1.165, 1.54) is 0 Å². The monoisotopic (exact) mass is 248 g/mol. The fourth-order valence-electron chi connectivity index (χ4n) is 0. The normalized spacial score (nSPS) is 7.38. The molecule has 8 heteroatoms. The second-order valence-corrected chi connectivity index (χ2v) is 1.54. The van der Waals surface area contributed by atoms with Gasteiger partial charge in [-0.25, -0.2) is 4.57 Å². The summed E-state index contributed by atoms with van der Waals surface area (Å²) in [5, 5.41) is 0. The average Bonchev–Trinajstić information content (AvgIpc) is 0.722. The summed E-state index contributed by atoms with van der Waals surface area (Å²) in [5.41, 5.74) is 0. The summed E-state index contributed by atoms with van der Waals surface area (Å²) in [7, 11) is -4.64. The maximum absolute atomic E-state index is 8.88. The van der Waals surface area contributed by atoms with Gasteiger partial charge in [0.05, 0.1) is 0 Å². The van der Waals surface area contributed by atoms with Gasteiger partial charge in [0, 0.05) is 0 Å². The zero-order chi connectivity index (χ0) is 4.50. The minimum Gasteiger partial charge on any atom is -1.00 e. The predicted molar refractivity (Wildman–Crippen MR) is 33.8 cm³/mol. The molecule has 0 fully saturated rings. The first kappa shape index (κ1) is 22.4. The zero-order valence-electron chi connectivity index (χ0n) is 8.11. The van der Waals surface area contributed by atoms with E-state index < -0.39 is 7.82 Å². The summed E-state index contributed by atoms with van der Waals surface area (Å²) in [6.45, 7) is 0. The van der Waals surface area contributed by atoms with E-state index in [1.54, 1.807) is 0 Å². The van der Waals surface area contributed by atoms with Gasteiger partial charge in [0.15, 0.2) is 0 Å². The molecule has 0 aliphatic heterocycles. The van der Waals surface area contributed by atoms with Crippen LogP contribution in [0.25, 0.3) is 0 Å². The molecule has 0 bridgehead atoms. The Morgan fingerprint density at radius 3 is 1.25 bits per heavy atom. The smallest absolute Gasteiger partial charge is 1.00 e. The van der Waals surface area contributed by atoms with Crippen molar-refractivity contribution < 1.29 is 30.4 Å². The van der Waals surface area contributed by atoms with Crippen molar-refractivity contribution in [2.75, 3.05) is 0 Å². The summed E-state index contributed by atoms with van der Waals surface area (Å²) in [4.78, 5) is 21.6. The summed E-state index contributed by atoms with van der Waals surface area (Å²) >= 11 is 0. The van der Waals surface area contributed by atoms with E-state index in [-0.39, 0.29) is 94.4 Å². The molecule has 0 radical (unpaired) electrons. The summed E-state index contributed by atoms with van der Waals surface area (Å²) < 4.78 is 8.88. The van der Waals surface area contributed by atoms with Crippen LogP contribution >= 0.6 is 7.82 Å². The van der Waals surface area contributed by atoms with E-state index in [2.05, 4.69) is 0 Å². The molecule has 0 heterocycles. The van der Waals surface area contributed by atoms with Crippen LogP contribution in [0.1, 0.15) is 5.71 Å². The molecular weight excluding hydrogens is 239 g/mol. The second kappa shape index (κ2) is 9.81. The second-order valence-electron chi connectivity index (χ2n) is 0.513. The van der Waals surface area contributed by atoms with Gasteiger partial charge in [-0.05, 0) is 0 Å².